The fourth-order valence-electron chi connectivity index (χ4n) is 3.33. The van der Waals surface area contributed by atoms with Crippen LogP contribution in [0.4, 0.5) is 0 Å². The SMILES string of the molecule is O=C(NCC1(c2ccccc2)CCCCC1)c1ccoc1. The van der Waals surface area contributed by atoms with Gasteiger partial charge in [-0.3, -0.25) is 4.79 Å². The summed E-state index contributed by atoms with van der Waals surface area (Å²) in [6.45, 7) is 0.695. The molecule has 2 aromatic rings. The highest BCUT2D eigenvalue weighted by atomic mass is 16.3. The van der Waals surface area contributed by atoms with Crippen molar-refractivity contribution in [2.45, 2.75) is 37.5 Å². The first-order valence-corrected chi connectivity index (χ1v) is 7.66. The smallest absolute Gasteiger partial charge is 0.254 e. The molecule has 0 atom stereocenters. The van der Waals surface area contributed by atoms with E-state index in [1.54, 1.807) is 6.07 Å². The van der Waals surface area contributed by atoms with Crippen LogP contribution in [0.2, 0.25) is 0 Å². The highest BCUT2D eigenvalue weighted by Gasteiger charge is 2.34. The van der Waals surface area contributed by atoms with Crippen molar-refractivity contribution in [1.82, 2.24) is 5.32 Å². The molecular weight excluding hydrogens is 262 g/mol. The number of amides is 1. The third kappa shape index (κ3) is 3.02. The molecule has 1 saturated carbocycles. The largest absolute Gasteiger partial charge is 0.472 e. The van der Waals surface area contributed by atoms with E-state index in [-0.39, 0.29) is 11.3 Å². The summed E-state index contributed by atoms with van der Waals surface area (Å²) in [4.78, 5) is 12.2. The Morgan fingerprint density at radius 3 is 2.52 bits per heavy atom. The van der Waals surface area contributed by atoms with Crippen LogP contribution in [0.15, 0.2) is 53.3 Å². The van der Waals surface area contributed by atoms with Crippen LogP contribution in [0, 0.1) is 0 Å². The van der Waals surface area contributed by atoms with Gasteiger partial charge < -0.3 is 9.73 Å². The summed E-state index contributed by atoms with van der Waals surface area (Å²) in [7, 11) is 0. The summed E-state index contributed by atoms with van der Waals surface area (Å²) in [6.07, 6.45) is 9.07. The predicted octanol–water partition coefficient (Wildman–Crippen LogP) is 3.91. The number of carbonyl (C=O) groups is 1. The van der Waals surface area contributed by atoms with Crippen molar-refractivity contribution in [3.8, 4) is 0 Å². The van der Waals surface area contributed by atoms with Crippen LogP contribution >= 0.6 is 0 Å². The summed E-state index contributed by atoms with van der Waals surface area (Å²) < 4.78 is 4.98. The maximum Gasteiger partial charge on any atom is 0.254 e. The lowest BCUT2D eigenvalue weighted by molar-refractivity contribution is 0.0936. The van der Waals surface area contributed by atoms with Gasteiger partial charge in [-0.1, -0.05) is 49.6 Å². The molecule has 1 aromatic carbocycles. The Labute approximate surface area is 125 Å². The predicted molar refractivity (Wildman–Crippen MR) is 82.2 cm³/mol. The second-order valence-corrected chi connectivity index (χ2v) is 5.90. The third-order valence-corrected chi connectivity index (χ3v) is 4.57. The minimum Gasteiger partial charge on any atom is -0.472 e. The lowest BCUT2D eigenvalue weighted by Crippen LogP contribution is -2.42. The number of carbonyl (C=O) groups excluding carboxylic acids is 1. The van der Waals surface area contributed by atoms with Gasteiger partial charge in [-0.25, -0.2) is 0 Å². The van der Waals surface area contributed by atoms with E-state index in [0.717, 1.165) is 12.8 Å². The third-order valence-electron chi connectivity index (χ3n) is 4.57. The van der Waals surface area contributed by atoms with Crippen LogP contribution < -0.4 is 5.32 Å². The van der Waals surface area contributed by atoms with Gasteiger partial charge in [-0.2, -0.15) is 0 Å². The first-order chi connectivity index (χ1) is 10.3. The Balaban J connectivity index is 1.76. The standard InChI is InChI=1S/C18H21NO2/c20-17(15-9-12-21-13-15)19-14-18(10-5-2-6-11-18)16-7-3-1-4-8-16/h1,3-4,7-9,12-13H,2,5-6,10-11,14H2,(H,19,20). The molecule has 0 aliphatic heterocycles. The van der Waals surface area contributed by atoms with Gasteiger partial charge in [0.05, 0.1) is 11.8 Å². The average Bonchev–Trinajstić information content (AvgIpc) is 3.09. The van der Waals surface area contributed by atoms with Crippen molar-refractivity contribution in [2.24, 2.45) is 0 Å². The van der Waals surface area contributed by atoms with Gasteiger partial charge in [0.25, 0.3) is 5.91 Å². The minimum atomic E-state index is -0.0513. The zero-order valence-electron chi connectivity index (χ0n) is 12.2. The Morgan fingerprint density at radius 2 is 1.86 bits per heavy atom. The van der Waals surface area contributed by atoms with Gasteiger partial charge >= 0.3 is 0 Å². The Morgan fingerprint density at radius 1 is 1.10 bits per heavy atom. The number of nitrogens with one attached hydrogen (secondary N) is 1. The lowest BCUT2D eigenvalue weighted by Gasteiger charge is -2.38. The molecule has 21 heavy (non-hydrogen) atoms. The van der Waals surface area contributed by atoms with Crippen LogP contribution in [0.1, 0.15) is 48.0 Å². The lowest BCUT2D eigenvalue weighted by atomic mass is 9.69. The van der Waals surface area contributed by atoms with Crippen LogP contribution in [0.3, 0.4) is 0 Å². The highest BCUT2D eigenvalue weighted by molar-refractivity contribution is 5.93. The molecule has 3 nitrogen and oxygen atoms in total. The number of furan rings is 1. The summed E-state index contributed by atoms with van der Waals surface area (Å²) in [5, 5.41) is 3.10. The molecule has 1 amide bonds. The maximum atomic E-state index is 12.2. The van der Waals surface area contributed by atoms with Crippen molar-refractivity contribution < 1.29 is 9.21 Å². The fourth-order valence-corrected chi connectivity index (χ4v) is 3.33. The second-order valence-electron chi connectivity index (χ2n) is 5.90. The molecule has 3 rings (SSSR count). The van der Waals surface area contributed by atoms with Gasteiger partial charge in [0.2, 0.25) is 0 Å². The Hall–Kier alpha value is -2.03. The van der Waals surface area contributed by atoms with E-state index in [4.69, 9.17) is 4.42 Å². The Kier molecular flexibility index (Phi) is 4.09. The second kappa shape index (κ2) is 6.17. The summed E-state index contributed by atoms with van der Waals surface area (Å²) in [6, 6.07) is 12.3. The molecule has 1 aliphatic carbocycles. The average molecular weight is 283 g/mol. The molecule has 1 heterocycles. The number of hydrogen-bond acceptors (Lipinski definition) is 2. The van der Waals surface area contributed by atoms with Crippen LogP contribution in [0.25, 0.3) is 0 Å². The van der Waals surface area contributed by atoms with Crippen LogP contribution in [0.5, 0.6) is 0 Å². The molecule has 0 radical (unpaired) electrons. The molecule has 0 bridgehead atoms. The van der Waals surface area contributed by atoms with E-state index in [1.165, 1.54) is 37.4 Å². The number of hydrogen-bond donors (Lipinski definition) is 1. The van der Waals surface area contributed by atoms with Crippen LogP contribution in [-0.4, -0.2) is 12.5 Å². The quantitative estimate of drug-likeness (QED) is 0.924. The van der Waals surface area contributed by atoms with Crippen molar-refractivity contribution in [3.05, 3.63) is 60.1 Å². The molecule has 1 fully saturated rings. The first-order valence-electron chi connectivity index (χ1n) is 7.66. The number of rotatable bonds is 4. The monoisotopic (exact) mass is 283 g/mol. The van der Waals surface area contributed by atoms with E-state index in [2.05, 4.69) is 29.6 Å². The van der Waals surface area contributed by atoms with Gasteiger partial charge in [-0.15, -0.1) is 0 Å². The van der Waals surface area contributed by atoms with Gasteiger partial charge in [-0.05, 0) is 24.5 Å². The molecule has 0 saturated heterocycles. The van der Waals surface area contributed by atoms with Gasteiger partial charge in [0.1, 0.15) is 6.26 Å². The van der Waals surface area contributed by atoms with Gasteiger partial charge in [0, 0.05) is 12.0 Å². The summed E-state index contributed by atoms with van der Waals surface area (Å²) >= 11 is 0. The van der Waals surface area contributed by atoms with E-state index >= 15 is 0 Å². The zero-order chi connectivity index (χ0) is 14.5. The number of benzene rings is 1. The molecule has 0 spiro atoms. The van der Waals surface area contributed by atoms with Crippen molar-refractivity contribution in [1.29, 1.82) is 0 Å². The maximum absolute atomic E-state index is 12.2. The molecule has 110 valence electrons. The zero-order valence-corrected chi connectivity index (χ0v) is 12.2. The van der Waals surface area contributed by atoms with E-state index in [1.807, 2.05) is 6.07 Å². The normalized spacial score (nSPS) is 17.3. The highest BCUT2D eigenvalue weighted by Crippen LogP contribution is 2.38. The molecule has 1 aliphatic rings. The topological polar surface area (TPSA) is 42.2 Å². The molecular formula is C18H21NO2. The molecule has 1 N–H and O–H groups in total. The molecule has 3 heteroatoms. The van der Waals surface area contributed by atoms with Crippen molar-refractivity contribution in [3.63, 3.8) is 0 Å². The molecule has 1 aromatic heterocycles. The molecule has 0 unspecified atom stereocenters. The van der Waals surface area contributed by atoms with E-state index in [0.29, 0.717) is 12.1 Å². The van der Waals surface area contributed by atoms with E-state index < -0.39 is 0 Å². The van der Waals surface area contributed by atoms with Gasteiger partial charge in [0.15, 0.2) is 0 Å². The summed E-state index contributed by atoms with van der Waals surface area (Å²) in [5.41, 5.74) is 2.02. The Bertz CT molecular complexity index is 569. The first kappa shape index (κ1) is 13.9. The summed E-state index contributed by atoms with van der Waals surface area (Å²) in [5.74, 6) is -0.0513. The van der Waals surface area contributed by atoms with Crippen LogP contribution in [-0.2, 0) is 5.41 Å². The van der Waals surface area contributed by atoms with E-state index in [9.17, 15) is 4.79 Å². The van der Waals surface area contributed by atoms with Crippen molar-refractivity contribution in [2.75, 3.05) is 6.54 Å². The van der Waals surface area contributed by atoms with Crippen molar-refractivity contribution >= 4 is 5.91 Å². The fraction of sp³-hybridized carbons (Fsp3) is 0.389. The minimum absolute atomic E-state index is 0.0513.